The van der Waals surface area contributed by atoms with Crippen LogP contribution in [-0.4, -0.2) is 22.8 Å². The molecule has 24 heavy (non-hydrogen) atoms. The summed E-state index contributed by atoms with van der Waals surface area (Å²) in [7, 11) is 0. The van der Waals surface area contributed by atoms with Gasteiger partial charge in [0.05, 0.1) is 6.61 Å². The number of carboxylic acid groups (broad SMARTS) is 1. The minimum atomic E-state index is -1.20. The Labute approximate surface area is 138 Å². The lowest BCUT2D eigenvalue weighted by atomic mass is 10.0. The van der Waals surface area contributed by atoms with Crippen molar-refractivity contribution in [1.82, 2.24) is 0 Å². The lowest BCUT2D eigenvalue weighted by Crippen LogP contribution is -2.04. The van der Waals surface area contributed by atoms with Gasteiger partial charge in [0.1, 0.15) is 28.6 Å². The number of aromatic hydroxyl groups is 1. The van der Waals surface area contributed by atoms with Gasteiger partial charge < -0.3 is 19.7 Å². The highest BCUT2D eigenvalue weighted by atomic mass is 16.5. The van der Waals surface area contributed by atoms with Crippen molar-refractivity contribution >= 4 is 16.7 Å². The Morgan fingerprint density at radius 2 is 1.75 bits per heavy atom. The van der Waals surface area contributed by atoms with Gasteiger partial charge in [-0.25, -0.2) is 4.79 Å². The highest BCUT2D eigenvalue weighted by Gasteiger charge is 2.19. The number of benzene rings is 3. The molecular formula is C19H16O5. The fourth-order valence-electron chi connectivity index (χ4n) is 2.48. The smallest absolute Gasteiger partial charge is 0.343 e. The van der Waals surface area contributed by atoms with E-state index in [0.29, 0.717) is 12.0 Å². The normalized spacial score (nSPS) is 10.9. The first-order valence-corrected chi connectivity index (χ1v) is 7.49. The molecule has 0 atom stereocenters. The third-order valence-corrected chi connectivity index (χ3v) is 3.52. The van der Waals surface area contributed by atoms with Crippen LogP contribution in [0, 0.1) is 0 Å². The molecule has 0 saturated carbocycles. The molecule has 3 aromatic carbocycles. The SMILES string of the molecule is CCOc1c(C(=O)O)c(O)cc2ccccc12.c1cc2cc(c1)O2. The number of hydrogen-bond donors (Lipinski definition) is 2. The topological polar surface area (TPSA) is 76.0 Å². The van der Waals surface area contributed by atoms with E-state index in [0.717, 1.165) is 16.9 Å². The van der Waals surface area contributed by atoms with Crippen LogP contribution in [0.5, 0.6) is 23.0 Å². The zero-order valence-corrected chi connectivity index (χ0v) is 13.0. The second-order valence-electron chi connectivity index (χ2n) is 5.14. The minimum Gasteiger partial charge on any atom is -0.507 e. The molecule has 5 heteroatoms. The summed E-state index contributed by atoms with van der Waals surface area (Å²) in [4.78, 5) is 11.1. The van der Waals surface area contributed by atoms with Crippen molar-refractivity contribution in [2.24, 2.45) is 0 Å². The van der Waals surface area contributed by atoms with E-state index in [1.165, 1.54) is 6.07 Å². The van der Waals surface area contributed by atoms with Crippen LogP contribution in [0.4, 0.5) is 0 Å². The summed E-state index contributed by atoms with van der Waals surface area (Å²) in [6, 6.07) is 16.5. The highest BCUT2D eigenvalue weighted by molar-refractivity contribution is 6.03. The highest BCUT2D eigenvalue weighted by Crippen LogP contribution is 2.36. The van der Waals surface area contributed by atoms with Gasteiger partial charge in [-0.3, -0.25) is 0 Å². The fraction of sp³-hybridized carbons (Fsp3) is 0.105. The molecule has 2 N–H and O–H groups in total. The lowest BCUT2D eigenvalue weighted by Gasteiger charge is -2.13. The van der Waals surface area contributed by atoms with Gasteiger partial charge in [-0.05, 0) is 30.5 Å². The molecule has 0 unspecified atom stereocenters. The van der Waals surface area contributed by atoms with E-state index in [-0.39, 0.29) is 17.1 Å². The lowest BCUT2D eigenvalue weighted by molar-refractivity contribution is 0.0689. The summed E-state index contributed by atoms with van der Waals surface area (Å²) < 4.78 is 10.4. The monoisotopic (exact) mass is 324 g/mol. The third-order valence-electron chi connectivity index (χ3n) is 3.52. The molecule has 0 aromatic heterocycles. The van der Waals surface area contributed by atoms with Gasteiger partial charge in [-0.15, -0.1) is 0 Å². The van der Waals surface area contributed by atoms with Crippen LogP contribution >= 0.6 is 0 Å². The number of carbonyl (C=O) groups is 1. The van der Waals surface area contributed by atoms with Crippen LogP contribution in [0.15, 0.2) is 54.6 Å². The van der Waals surface area contributed by atoms with Crippen molar-refractivity contribution in [1.29, 1.82) is 0 Å². The molecule has 2 heterocycles. The number of ether oxygens (including phenoxy) is 2. The van der Waals surface area contributed by atoms with Crippen LogP contribution in [0.25, 0.3) is 10.8 Å². The summed E-state index contributed by atoms with van der Waals surface area (Å²) in [5.41, 5.74) is -0.189. The molecule has 5 nitrogen and oxygen atoms in total. The number of rotatable bonds is 3. The molecule has 0 saturated heterocycles. The van der Waals surface area contributed by atoms with Gasteiger partial charge >= 0.3 is 5.97 Å². The van der Waals surface area contributed by atoms with E-state index < -0.39 is 5.97 Å². The van der Waals surface area contributed by atoms with Crippen molar-refractivity contribution < 1.29 is 24.5 Å². The van der Waals surface area contributed by atoms with Crippen molar-refractivity contribution in [3.8, 4) is 23.0 Å². The average Bonchev–Trinajstić information content (AvgIpc) is 2.55. The van der Waals surface area contributed by atoms with E-state index in [1.807, 2.05) is 30.3 Å². The Morgan fingerprint density at radius 3 is 2.25 bits per heavy atom. The van der Waals surface area contributed by atoms with Crippen molar-refractivity contribution in [3.05, 3.63) is 60.2 Å². The maximum absolute atomic E-state index is 11.1. The zero-order chi connectivity index (χ0) is 17.1. The number of carboxylic acids is 1. The van der Waals surface area contributed by atoms with Crippen LogP contribution < -0.4 is 9.47 Å². The molecule has 0 radical (unpaired) electrons. The predicted octanol–water partition coefficient (Wildman–Crippen LogP) is 4.43. The molecule has 5 rings (SSSR count). The van der Waals surface area contributed by atoms with Crippen LogP contribution in [0.1, 0.15) is 17.3 Å². The first kappa shape index (κ1) is 15.7. The average molecular weight is 324 g/mol. The molecule has 0 aliphatic carbocycles. The summed E-state index contributed by atoms with van der Waals surface area (Å²) in [6.07, 6.45) is 0. The molecular weight excluding hydrogens is 308 g/mol. The summed E-state index contributed by atoms with van der Waals surface area (Å²) in [5, 5.41) is 20.3. The van der Waals surface area contributed by atoms with Crippen molar-refractivity contribution in [3.63, 3.8) is 0 Å². The van der Waals surface area contributed by atoms with Crippen molar-refractivity contribution in [2.75, 3.05) is 6.61 Å². The molecule has 2 aliphatic heterocycles. The van der Waals surface area contributed by atoms with Gasteiger partial charge in [0.25, 0.3) is 0 Å². The Kier molecular flexibility index (Phi) is 4.24. The van der Waals surface area contributed by atoms with E-state index in [1.54, 1.807) is 25.1 Å². The van der Waals surface area contributed by atoms with E-state index in [4.69, 9.17) is 14.6 Å². The van der Waals surface area contributed by atoms with Gasteiger partial charge in [-0.1, -0.05) is 30.3 Å². The Bertz CT molecular complexity index is 877. The third kappa shape index (κ3) is 2.96. The quantitative estimate of drug-likeness (QED) is 0.583. The number of phenols is 1. The van der Waals surface area contributed by atoms with E-state index in [9.17, 15) is 9.90 Å². The minimum absolute atomic E-state index is 0.189. The van der Waals surface area contributed by atoms with Crippen LogP contribution in [0.3, 0.4) is 0 Å². The number of aromatic carboxylic acids is 1. The molecule has 0 amide bonds. The summed E-state index contributed by atoms with van der Waals surface area (Å²) in [5.74, 6) is 0.710. The van der Waals surface area contributed by atoms with Gasteiger partial charge in [0, 0.05) is 11.5 Å². The standard InChI is InChI=1S/C13H12O4.C6H4O/c1-2-17-12-9-6-4-3-5-8(9)7-10(14)11(12)13(15)16;1-2-5-4-6(3-1)7-5/h3-7,14H,2H2,1H3,(H,15,16);1-4H. The maximum Gasteiger partial charge on any atom is 0.343 e. The second-order valence-corrected chi connectivity index (χ2v) is 5.14. The predicted molar refractivity (Wildman–Crippen MR) is 90.3 cm³/mol. The first-order valence-electron chi connectivity index (χ1n) is 7.49. The second kappa shape index (κ2) is 6.50. The van der Waals surface area contributed by atoms with Gasteiger partial charge in [-0.2, -0.15) is 0 Å². The molecule has 0 spiro atoms. The van der Waals surface area contributed by atoms with Crippen LogP contribution in [-0.2, 0) is 0 Å². The number of fused-ring (bicyclic) bond motifs is 3. The molecule has 2 bridgehead atoms. The Hall–Kier alpha value is -3.21. The summed E-state index contributed by atoms with van der Waals surface area (Å²) >= 11 is 0. The fourth-order valence-corrected chi connectivity index (χ4v) is 2.48. The summed E-state index contributed by atoms with van der Waals surface area (Å²) in [6.45, 7) is 2.11. The van der Waals surface area contributed by atoms with E-state index >= 15 is 0 Å². The Morgan fingerprint density at radius 1 is 1.08 bits per heavy atom. The molecule has 122 valence electrons. The van der Waals surface area contributed by atoms with Crippen LogP contribution in [0.2, 0.25) is 0 Å². The van der Waals surface area contributed by atoms with Gasteiger partial charge in [0.2, 0.25) is 0 Å². The van der Waals surface area contributed by atoms with E-state index in [2.05, 4.69) is 0 Å². The zero-order valence-electron chi connectivity index (χ0n) is 13.0. The van der Waals surface area contributed by atoms with Gasteiger partial charge in [0.15, 0.2) is 0 Å². The Balaban J connectivity index is 0.000000198. The first-order chi connectivity index (χ1) is 11.6. The van der Waals surface area contributed by atoms with Crippen molar-refractivity contribution in [2.45, 2.75) is 6.92 Å². The largest absolute Gasteiger partial charge is 0.507 e. The molecule has 2 aliphatic rings. The number of hydrogen-bond acceptors (Lipinski definition) is 4. The maximum atomic E-state index is 11.1. The molecule has 3 aromatic rings. The molecule has 0 fully saturated rings.